The number of amides is 1. The molecule has 5 heteroatoms. The molecular formula is C27H34N2O3. The van der Waals surface area contributed by atoms with Crippen LogP contribution in [0.15, 0.2) is 48.5 Å². The van der Waals surface area contributed by atoms with Crippen molar-refractivity contribution in [1.29, 1.82) is 0 Å². The van der Waals surface area contributed by atoms with Crippen molar-refractivity contribution in [3.8, 4) is 11.5 Å². The van der Waals surface area contributed by atoms with Gasteiger partial charge in [0.25, 0.3) is 0 Å². The highest BCUT2D eigenvalue weighted by Gasteiger charge is 2.57. The van der Waals surface area contributed by atoms with Crippen LogP contribution in [0, 0.1) is 0 Å². The number of carbonyl (C=O) groups is 1. The monoisotopic (exact) mass is 434 g/mol. The molecule has 1 amide bonds. The normalized spacial score (nSPS) is 21.2. The number of hydrogen-bond acceptors (Lipinski definition) is 4. The molecule has 0 aliphatic carbocycles. The Kier molecular flexibility index (Phi) is 6.18. The van der Waals surface area contributed by atoms with Gasteiger partial charge in [0.2, 0.25) is 5.91 Å². The third-order valence-electron chi connectivity index (χ3n) is 6.85. The standard InChI is InChI=1S/C27H34N2O3/c1-5-6-9-18-32-23-13-12-20(19-24(23)31-4)14-16-27-26(2,3)21-10-7-8-11-22(21)29(27)17-15-25(30)28-27/h7-8,10-14,16,19H,5-6,9,15,17-18H2,1-4H3,(H,28,30)/b16-14+. The summed E-state index contributed by atoms with van der Waals surface area (Å²) in [4.78, 5) is 14.9. The maximum Gasteiger partial charge on any atom is 0.223 e. The number of methoxy groups -OCH3 is 1. The molecule has 170 valence electrons. The lowest BCUT2D eigenvalue weighted by Gasteiger charge is -2.49. The first kappa shape index (κ1) is 22.3. The Labute approximate surface area is 191 Å². The zero-order chi connectivity index (χ0) is 22.8. The maximum atomic E-state index is 12.5. The van der Waals surface area contributed by atoms with Crippen LogP contribution in [0.4, 0.5) is 5.69 Å². The molecule has 0 spiro atoms. The summed E-state index contributed by atoms with van der Waals surface area (Å²) in [7, 11) is 1.67. The van der Waals surface area contributed by atoms with E-state index in [0.29, 0.717) is 19.6 Å². The topological polar surface area (TPSA) is 50.8 Å². The Morgan fingerprint density at radius 1 is 1.12 bits per heavy atom. The summed E-state index contributed by atoms with van der Waals surface area (Å²) in [5.74, 6) is 1.57. The summed E-state index contributed by atoms with van der Waals surface area (Å²) in [5, 5.41) is 3.32. The molecule has 1 unspecified atom stereocenters. The largest absolute Gasteiger partial charge is 0.493 e. The Bertz CT molecular complexity index is 1010. The van der Waals surface area contributed by atoms with Crippen molar-refractivity contribution in [2.45, 2.75) is 57.5 Å². The highest BCUT2D eigenvalue weighted by Crippen LogP contribution is 2.52. The second kappa shape index (κ2) is 8.89. The Morgan fingerprint density at radius 3 is 2.72 bits per heavy atom. The molecule has 0 saturated carbocycles. The van der Waals surface area contributed by atoms with E-state index >= 15 is 0 Å². The summed E-state index contributed by atoms with van der Waals surface area (Å²) < 4.78 is 11.5. The van der Waals surface area contributed by atoms with Gasteiger partial charge in [-0.3, -0.25) is 4.79 Å². The lowest BCUT2D eigenvalue weighted by atomic mass is 9.74. The molecule has 0 bridgehead atoms. The van der Waals surface area contributed by atoms with E-state index in [1.165, 1.54) is 17.7 Å². The van der Waals surface area contributed by atoms with Crippen molar-refractivity contribution in [1.82, 2.24) is 5.32 Å². The molecule has 1 N–H and O–H groups in total. The molecule has 2 aliphatic rings. The van der Waals surface area contributed by atoms with Gasteiger partial charge in [-0.1, -0.05) is 64.0 Å². The number of benzene rings is 2. The Hall–Kier alpha value is -2.95. The SMILES string of the molecule is CCCCCOc1ccc(/C=C/C23NC(=O)CCN2c2ccccc2C3(C)C)cc1OC. The number of para-hydroxylation sites is 1. The number of anilines is 1. The van der Waals surface area contributed by atoms with Gasteiger partial charge in [0.1, 0.15) is 5.66 Å². The second-order valence-electron chi connectivity index (χ2n) is 9.16. The zero-order valence-corrected chi connectivity index (χ0v) is 19.6. The highest BCUT2D eigenvalue weighted by molar-refractivity contribution is 5.84. The summed E-state index contributed by atoms with van der Waals surface area (Å²) in [6.45, 7) is 7.98. The number of ether oxygens (including phenoxy) is 2. The molecule has 2 aromatic carbocycles. The van der Waals surface area contributed by atoms with Crippen LogP contribution >= 0.6 is 0 Å². The van der Waals surface area contributed by atoms with Crippen molar-refractivity contribution < 1.29 is 14.3 Å². The van der Waals surface area contributed by atoms with E-state index in [1.54, 1.807) is 7.11 Å². The molecule has 2 heterocycles. The van der Waals surface area contributed by atoms with Gasteiger partial charge in [-0.05, 0) is 41.8 Å². The van der Waals surface area contributed by atoms with E-state index in [9.17, 15) is 4.79 Å². The molecule has 32 heavy (non-hydrogen) atoms. The third kappa shape index (κ3) is 3.74. The molecule has 1 atom stereocenters. The fourth-order valence-electron chi connectivity index (χ4n) is 4.98. The number of nitrogens with zero attached hydrogens (tertiary/aromatic N) is 1. The summed E-state index contributed by atoms with van der Waals surface area (Å²) in [6, 6.07) is 14.5. The van der Waals surface area contributed by atoms with Crippen LogP contribution in [0.5, 0.6) is 11.5 Å². The highest BCUT2D eigenvalue weighted by atomic mass is 16.5. The number of carbonyl (C=O) groups excluding carboxylic acids is 1. The minimum atomic E-state index is -0.616. The van der Waals surface area contributed by atoms with Crippen LogP contribution in [-0.4, -0.2) is 31.8 Å². The summed E-state index contributed by atoms with van der Waals surface area (Å²) in [5.41, 5.74) is 2.54. The van der Waals surface area contributed by atoms with Gasteiger partial charge in [-0.2, -0.15) is 0 Å². The van der Waals surface area contributed by atoms with E-state index in [2.05, 4.69) is 67.4 Å². The molecule has 1 saturated heterocycles. The molecule has 1 fully saturated rings. The van der Waals surface area contributed by atoms with Crippen molar-refractivity contribution in [2.75, 3.05) is 25.2 Å². The number of rotatable bonds is 8. The van der Waals surface area contributed by atoms with Crippen molar-refractivity contribution in [3.63, 3.8) is 0 Å². The molecular weight excluding hydrogens is 400 g/mol. The van der Waals surface area contributed by atoms with Gasteiger partial charge in [-0.25, -0.2) is 0 Å². The van der Waals surface area contributed by atoms with E-state index < -0.39 is 5.66 Å². The molecule has 5 nitrogen and oxygen atoms in total. The zero-order valence-electron chi connectivity index (χ0n) is 19.6. The lowest BCUT2D eigenvalue weighted by molar-refractivity contribution is -0.124. The summed E-state index contributed by atoms with van der Waals surface area (Å²) >= 11 is 0. The fraction of sp³-hybridized carbons (Fsp3) is 0.444. The predicted octanol–water partition coefficient (Wildman–Crippen LogP) is 5.29. The average Bonchev–Trinajstić information content (AvgIpc) is 2.99. The molecule has 0 radical (unpaired) electrons. The first-order chi connectivity index (χ1) is 15.4. The summed E-state index contributed by atoms with van der Waals surface area (Å²) in [6.07, 6.45) is 8.08. The minimum absolute atomic E-state index is 0.0835. The van der Waals surface area contributed by atoms with Crippen LogP contribution in [0.25, 0.3) is 6.08 Å². The lowest BCUT2D eigenvalue weighted by Crippen LogP contribution is -2.68. The van der Waals surface area contributed by atoms with Gasteiger partial charge < -0.3 is 19.7 Å². The van der Waals surface area contributed by atoms with Crippen LogP contribution in [-0.2, 0) is 10.2 Å². The van der Waals surface area contributed by atoms with Crippen LogP contribution in [0.2, 0.25) is 0 Å². The molecule has 0 aromatic heterocycles. The van der Waals surface area contributed by atoms with Gasteiger partial charge in [-0.15, -0.1) is 0 Å². The van der Waals surface area contributed by atoms with Gasteiger partial charge in [0, 0.05) is 24.1 Å². The molecule has 4 rings (SSSR count). The van der Waals surface area contributed by atoms with Gasteiger partial charge in [0.15, 0.2) is 11.5 Å². The minimum Gasteiger partial charge on any atom is -0.493 e. The van der Waals surface area contributed by atoms with Crippen LogP contribution < -0.4 is 19.7 Å². The van der Waals surface area contributed by atoms with Crippen molar-refractivity contribution in [2.24, 2.45) is 0 Å². The number of fused-ring (bicyclic) bond motifs is 3. The van der Waals surface area contributed by atoms with E-state index in [0.717, 1.165) is 29.9 Å². The van der Waals surface area contributed by atoms with Gasteiger partial charge in [0.05, 0.1) is 13.7 Å². The van der Waals surface area contributed by atoms with Crippen LogP contribution in [0.3, 0.4) is 0 Å². The molecule has 2 aromatic rings. The third-order valence-corrected chi connectivity index (χ3v) is 6.85. The number of hydrogen-bond donors (Lipinski definition) is 1. The Morgan fingerprint density at radius 2 is 1.94 bits per heavy atom. The van der Waals surface area contributed by atoms with Crippen LogP contribution in [0.1, 0.15) is 57.6 Å². The van der Waals surface area contributed by atoms with E-state index in [-0.39, 0.29) is 11.3 Å². The first-order valence-corrected chi connectivity index (χ1v) is 11.6. The first-order valence-electron chi connectivity index (χ1n) is 11.6. The van der Waals surface area contributed by atoms with E-state index in [4.69, 9.17) is 9.47 Å². The quantitative estimate of drug-likeness (QED) is 0.574. The predicted molar refractivity (Wildman–Crippen MR) is 129 cm³/mol. The second-order valence-corrected chi connectivity index (χ2v) is 9.16. The smallest absolute Gasteiger partial charge is 0.223 e. The average molecular weight is 435 g/mol. The number of nitrogens with one attached hydrogen (secondary N) is 1. The fourth-order valence-corrected chi connectivity index (χ4v) is 4.98. The molecule has 2 aliphatic heterocycles. The van der Waals surface area contributed by atoms with Crippen molar-refractivity contribution >= 4 is 17.7 Å². The van der Waals surface area contributed by atoms with E-state index in [1.807, 2.05) is 18.2 Å². The Balaban J connectivity index is 1.64. The number of unbranched alkanes of at least 4 members (excludes halogenated alkanes) is 2. The maximum absolute atomic E-state index is 12.5. The van der Waals surface area contributed by atoms with Crippen molar-refractivity contribution in [3.05, 3.63) is 59.7 Å². The van der Waals surface area contributed by atoms with Gasteiger partial charge >= 0.3 is 0 Å².